The van der Waals surface area contributed by atoms with Crippen LogP contribution in [-0.4, -0.2) is 106 Å². The van der Waals surface area contributed by atoms with Gasteiger partial charge in [-0.3, -0.25) is 10.1 Å². The van der Waals surface area contributed by atoms with Gasteiger partial charge in [0, 0.05) is 4.92 Å². The molecule has 0 spiro atoms. The van der Waals surface area contributed by atoms with Gasteiger partial charge in [-0.2, -0.15) is 0 Å². The SMILES string of the molecule is O=[N+]([O-])C[C@@]1(O)C([C@@]2(O)CO[C@@H]3[C@H](O[N+](=O)[O-])CO[C@@H]32)O[C@@H]2[C@H](O[N+](=O)[O-])CO[C@@H]21. The Morgan fingerprint density at radius 2 is 1.47 bits per heavy atom. The summed E-state index contributed by atoms with van der Waals surface area (Å²) >= 11 is 0. The summed E-state index contributed by atoms with van der Waals surface area (Å²) in [5.41, 5.74) is -4.63. The molecule has 4 aliphatic rings. The Bertz CT molecular complexity index is 753. The predicted octanol–water partition coefficient (Wildman–Crippen LogP) is -3.16. The summed E-state index contributed by atoms with van der Waals surface area (Å²) in [5.74, 6) is 0. The van der Waals surface area contributed by atoms with E-state index in [0.717, 1.165) is 0 Å². The van der Waals surface area contributed by atoms with E-state index in [1.165, 1.54) is 0 Å². The van der Waals surface area contributed by atoms with Crippen molar-refractivity contribution < 1.29 is 53.9 Å². The van der Waals surface area contributed by atoms with Gasteiger partial charge in [-0.1, -0.05) is 0 Å². The van der Waals surface area contributed by atoms with Gasteiger partial charge in [0.1, 0.15) is 36.1 Å². The zero-order valence-electron chi connectivity index (χ0n) is 15.0. The second-order valence-corrected chi connectivity index (χ2v) is 7.47. The molecule has 17 nitrogen and oxygen atoms in total. The Kier molecular flexibility index (Phi) is 4.90. The minimum atomic E-state index is -2.43. The lowest BCUT2D eigenvalue weighted by Crippen LogP contribution is -2.65. The van der Waals surface area contributed by atoms with E-state index in [4.69, 9.17) is 18.9 Å². The maximum Gasteiger partial charge on any atom is 0.294 e. The molecule has 0 bridgehead atoms. The zero-order chi connectivity index (χ0) is 21.8. The second kappa shape index (κ2) is 7.06. The Hall–Kier alpha value is -2.44. The third-order valence-electron chi connectivity index (χ3n) is 5.73. The van der Waals surface area contributed by atoms with Crippen molar-refractivity contribution >= 4 is 0 Å². The highest BCUT2D eigenvalue weighted by Gasteiger charge is 2.74. The van der Waals surface area contributed by atoms with E-state index in [1.54, 1.807) is 0 Å². The molecule has 4 rings (SSSR count). The Morgan fingerprint density at radius 1 is 0.900 bits per heavy atom. The standard InChI is InChI=1S/C13H17N3O14/c17-12(3-14(19)20)10-8(6(2-26-10)30-16(23)24)28-11(12)13(18)4-27-7-5(29-15(21)22)1-25-9(7)13/h5-11,17-18H,1-4H2/t5-,6-,7-,8-,9+,10+,11?,12+,13-/m1/s1. The lowest BCUT2D eigenvalue weighted by molar-refractivity contribution is -0.769. The topological polar surface area (TPSA) is 225 Å². The van der Waals surface area contributed by atoms with Crippen LogP contribution < -0.4 is 0 Å². The number of rotatable bonds is 7. The van der Waals surface area contributed by atoms with Crippen LogP contribution in [0.3, 0.4) is 0 Å². The molecule has 4 heterocycles. The van der Waals surface area contributed by atoms with Crippen molar-refractivity contribution in [3.63, 3.8) is 0 Å². The monoisotopic (exact) mass is 439 g/mol. The largest absolute Gasteiger partial charge is 0.382 e. The Morgan fingerprint density at radius 3 is 2.03 bits per heavy atom. The minimum absolute atomic E-state index is 0.324. The highest BCUT2D eigenvalue weighted by Crippen LogP contribution is 2.49. The van der Waals surface area contributed by atoms with Crippen LogP contribution in [0, 0.1) is 30.3 Å². The maximum atomic E-state index is 11.3. The number of hydrogen-bond donors (Lipinski definition) is 2. The molecule has 0 aromatic carbocycles. The predicted molar refractivity (Wildman–Crippen MR) is 83.4 cm³/mol. The molecule has 0 amide bonds. The van der Waals surface area contributed by atoms with E-state index in [9.17, 15) is 40.6 Å². The summed E-state index contributed by atoms with van der Waals surface area (Å²) in [6.07, 6.45) is -9.35. The summed E-state index contributed by atoms with van der Waals surface area (Å²) < 4.78 is 21.7. The number of hydrogen-bond acceptors (Lipinski definition) is 14. The fourth-order valence-corrected chi connectivity index (χ4v) is 4.67. The van der Waals surface area contributed by atoms with Crippen molar-refractivity contribution in [2.45, 2.75) is 53.9 Å². The van der Waals surface area contributed by atoms with Gasteiger partial charge in [0.05, 0.1) is 19.8 Å². The molecule has 0 aliphatic carbocycles. The van der Waals surface area contributed by atoms with Crippen LogP contribution in [0.25, 0.3) is 0 Å². The molecule has 4 aliphatic heterocycles. The van der Waals surface area contributed by atoms with Crippen molar-refractivity contribution in [2.24, 2.45) is 0 Å². The maximum absolute atomic E-state index is 11.3. The average molecular weight is 439 g/mol. The van der Waals surface area contributed by atoms with E-state index in [0.29, 0.717) is 0 Å². The second-order valence-electron chi connectivity index (χ2n) is 7.47. The molecule has 2 N–H and O–H groups in total. The molecule has 0 saturated carbocycles. The summed E-state index contributed by atoms with van der Waals surface area (Å²) in [6.45, 7) is -2.39. The van der Waals surface area contributed by atoms with Crippen molar-refractivity contribution in [1.82, 2.24) is 0 Å². The fourth-order valence-electron chi connectivity index (χ4n) is 4.67. The third kappa shape index (κ3) is 3.10. The van der Waals surface area contributed by atoms with Crippen LogP contribution in [0.2, 0.25) is 0 Å². The highest BCUT2D eigenvalue weighted by molar-refractivity contribution is 5.20. The van der Waals surface area contributed by atoms with Crippen molar-refractivity contribution in [2.75, 3.05) is 26.4 Å². The first kappa shape index (κ1) is 20.8. The smallest absolute Gasteiger partial charge is 0.294 e. The third-order valence-corrected chi connectivity index (χ3v) is 5.73. The van der Waals surface area contributed by atoms with Crippen molar-refractivity contribution in [3.05, 3.63) is 30.3 Å². The molecule has 4 fully saturated rings. The number of nitrogens with zero attached hydrogens (tertiary/aromatic N) is 3. The zero-order valence-corrected chi connectivity index (χ0v) is 15.0. The van der Waals surface area contributed by atoms with E-state index < -0.39 is 82.2 Å². The number of ether oxygens (including phenoxy) is 4. The van der Waals surface area contributed by atoms with Crippen LogP contribution >= 0.6 is 0 Å². The molecule has 1 unspecified atom stereocenters. The van der Waals surface area contributed by atoms with Gasteiger partial charge in [0.2, 0.25) is 6.54 Å². The van der Waals surface area contributed by atoms with Crippen LogP contribution in [0.15, 0.2) is 0 Å². The normalized spacial score (nSPS) is 46.9. The van der Waals surface area contributed by atoms with E-state index in [-0.39, 0.29) is 13.2 Å². The first-order chi connectivity index (χ1) is 14.1. The van der Waals surface area contributed by atoms with Crippen molar-refractivity contribution in [1.29, 1.82) is 0 Å². The van der Waals surface area contributed by atoms with Gasteiger partial charge >= 0.3 is 0 Å². The van der Waals surface area contributed by atoms with Gasteiger partial charge in [-0.25, -0.2) is 0 Å². The molecule has 168 valence electrons. The number of aliphatic hydroxyl groups is 2. The Labute approximate surface area is 165 Å². The summed E-state index contributed by atoms with van der Waals surface area (Å²) in [6, 6.07) is 0. The van der Waals surface area contributed by atoms with Gasteiger partial charge in [0.25, 0.3) is 10.2 Å². The average Bonchev–Trinajstić information content (AvgIpc) is 3.33. The first-order valence-corrected chi connectivity index (χ1v) is 8.75. The van der Waals surface area contributed by atoms with Gasteiger partial charge in [-0.15, -0.1) is 20.2 Å². The quantitative estimate of drug-likeness (QED) is 0.295. The van der Waals surface area contributed by atoms with Gasteiger partial charge < -0.3 is 38.8 Å². The molecule has 30 heavy (non-hydrogen) atoms. The summed E-state index contributed by atoms with van der Waals surface area (Å²) in [4.78, 5) is 40.6. The van der Waals surface area contributed by atoms with Crippen molar-refractivity contribution in [3.8, 4) is 0 Å². The molecular formula is C13H17N3O14. The summed E-state index contributed by atoms with van der Waals surface area (Å²) in [7, 11) is 0. The highest BCUT2D eigenvalue weighted by atomic mass is 17.0. The van der Waals surface area contributed by atoms with E-state index >= 15 is 0 Å². The number of nitro groups is 1. The van der Waals surface area contributed by atoms with E-state index in [2.05, 4.69) is 9.68 Å². The molecule has 0 aromatic rings. The number of fused-ring (bicyclic) bond motifs is 2. The molecule has 17 heteroatoms. The molecular weight excluding hydrogens is 422 g/mol. The molecule has 0 aromatic heterocycles. The summed E-state index contributed by atoms with van der Waals surface area (Å²) in [5, 5.41) is 52.9. The Balaban J connectivity index is 1.62. The van der Waals surface area contributed by atoms with Crippen LogP contribution in [-0.2, 0) is 28.6 Å². The molecule has 4 saturated heterocycles. The lowest BCUT2D eigenvalue weighted by atomic mass is 9.78. The van der Waals surface area contributed by atoms with Crippen LogP contribution in [0.4, 0.5) is 0 Å². The van der Waals surface area contributed by atoms with E-state index in [1.807, 2.05) is 0 Å². The van der Waals surface area contributed by atoms with Crippen LogP contribution in [0.5, 0.6) is 0 Å². The minimum Gasteiger partial charge on any atom is -0.382 e. The van der Waals surface area contributed by atoms with Gasteiger partial charge in [0.15, 0.2) is 17.8 Å². The lowest BCUT2D eigenvalue weighted by Gasteiger charge is -2.39. The molecule has 9 atom stereocenters. The molecule has 0 radical (unpaired) electrons. The fraction of sp³-hybridized carbons (Fsp3) is 1.00. The van der Waals surface area contributed by atoms with Gasteiger partial charge in [-0.05, 0) is 0 Å². The first-order valence-electron chi connectivity index (χ1n) is 8.75. The van der Waals surface area contributed by atoms with Crippen LogP contribution in [0.1, 0.15) is 0 Å².